The fraction of sp³-hybridized carbons (Fsp3) is 0.533. The summed E-state index contributed by atoms with van der Waals surface area (Å²) in [6.45, 7) is 9.77. The Hall–Kier alpha value is -0.680. The van der Waals surface area contributed by atoms with Gasteiger partial charge in [-0.2, -0.15) is 0 Å². The van der Waals surface area contributed by atoms with E-state index in [9.17, 15) is 4.39 Å². The van der Waals surface area contributed by atoms with E-state index in [0.29, 0.717) is 21.6 Å². The van der Waals surface area contributed by atoms with Crippen LogP contribution in [-0.2, 0) is 0 Å². The van der Waals surface area contributed by atoms with Crippen LogP contribution < -0.4 is 11.1 Å². The fourth-order valence-corrected chi connectivity index (χ4v) is 3.79. The minimum Gasteiger partial charge on any atom is -0.389 e. The van der Waals surface area contributed by atoms with Crippen molar-refractivity contribution in [2.75, 3.05) is 11.9 Å². The van der Waals surface area contributed by atoms with Crippen molar-refractivity contribution in [2.24, 2.45) is 22.5 Å². The van der Waals surface area contributed by atoms with E-state index in [2.05, 4.69) is 48.9 Å². The topological polar surface area (TPSA) is 38.0 Å². The number of anilines is 1. The Kier molecular flexibility index (Phi) is 3.89. The second-order valence-electron chi connectivity index (χ2n) is 6.53. The van der Waals surface area contributed by atoms with E-state index in [4.69, 9.17) is 18.0 Å². The second-order valence-corrected chi connectivity index (χ2v) is 7.76. The molecular weight excluding hydrogens is 339 g/mol. The van der Waals surface area contributed by atoms with Crippen molar-refractivity contribution in [1.29, 1.82) is 0 Å². The predicted octanol–water partition coefficient (Wildman–Crippen LogP) is 4.32. The fourth-order valence-electron chi connectivity index (χ4n) is 2.93. The summed E-state index contributed by atoms with van der Waals surface area (Å²) in [6, 6.07) is 3.43. The van der Waals surface area contributed by atoms with E-state index in [1.807, 2.05) is 0 Å². The van der Waals surface area contributed by atoms with Crippen LogP contribution in [0.3, 0.4) is 0 Å². The lowest BCUT2D eigenvalue weighted by atomic mass is 10.0. The first kappa shape index (κ1) is 15.7. The van der Waals surface area contributed by atoms with Crippen LogP contribution in [0.5, 0.6) is 0 Å². The molecule has 0 aromatic heterocycles. The summed E-state index contributed by atoms with van der Waals surface area (Å²) in [4.78, 5) is 0.187. The number of nitrogens with one attached hydrogen (secondary N) is 1. The van der Waals surface area contributed by atoms with E-state index in [1.165, 1.54) is 0 Å². The van der Waals surface area contributed by atoms with Gasteiger partial charge in [-0.3, -0.25) is 0 Å². The van der Waals surface area contributed by atoms with Crippen molar-refractivity contribution in [3.8, 4) is 0 Å². The molecule has 3 N–H and O–H groups in total. The molecule has 2 nitrogen and oxygen atoms in total. The van der Waals surface area contributed by atoms with Crippen molar-refractivity contribution in [1.82, 2.24) is 0 Å². The molecule has 0 aliphatic heterocycles. The number of hydrogen-bond acceptors (Lipinski definition) is 2. The molecule has 110 valence electrons. The summed E-state index contributed by atoms with van der Waals surface area (Å²) >= 11 is 8.11. The molecule has 1 aromatic rings. The first-order valence-electron chi connectivity index (χ1n) is 6.62. The molecule has 1 fully saturated rings. The van der Waals surface area contributed by atoms with Gasteiger partial charge in [0.25, 0.3) is 0 Å². The monoisotopic (exact) mass is 358 g/mol. The van der Waals surface area contributed by atoms with Gasteiger partial charge in [0, 0.05) is 12.1 Å². The van der Waals surface area contributed by atoms with Crippen LogP contribution in [0.1, 0.15) is 33.3 Å². The number of hydrogen-bond donors (Lipinski definition) is 2. The minimum atomic E-state index is -0.341. The van der Waals surface area contributed by atoms with Crippen LogP contribution in [0.25, 0.3) is 0 Å². The average Bonchev–Trinajstić information content (AvgIpc) is 2.72. The van der Waals surface area contributed by atoms with Crippen molar-refractivity contribution in [2.45, 2.75) is 27.7 Å². The van der Waals surface area contributed by atoms with E-state index in [0.717, 1.165) is 6.54 Å². The number of halogens is 2. The van der Waals surface area contributed by atoms with Gasteiger partial charge >= 0.3 is 0 Å². The summed E-state index contributed by atoms with van der Waals surface area (Å²) in [5.74, 6) is 0.190. The van der Waals surface area contributed by atoms with Crippen molar-refractivity contribution >= 4 is 38.8 Å². The molecule has 2 rings (SSSR count). The molecule has 0 unspecified atom stereocenters. The molecule has 0 atom stereocenters. The smallest absolute Gasteiger partial charge is 0.161 e. The highest BCUT2D eigenvalue weighted by atomic mass is 79.9. The summed E-state index contributed by atoms with van der Waals surface area (Å²) in [6.07, 6.45) is 0. The molecule has 1 aliphatic carbocycles. The molecule has 1 aliphatic rings. The van der Waals surface area contributed by atoms with Crippen molar-refractivity contribution in [3.63, 3.8) is 0 Å². The third-order valence-corrected chi connectivity index (χ3v) is 6.16. The van der Waals surface area contributed by atoms with Crippen LogP contribution in [0.15, 0.2) is 16.6 Å². The Morgan fingerprint density at radius 1 is 1.35 bits per heavy atom. The highest BCUT2D eigenvalue weighted by molar-refractivity contribution is 9.10. The van der Waals surface area contributed by atoms with Gasteiger partial charge < -0.3 is 11.1 Å². The normalized spacial score (nSPS) is 19.7. The molecule has 1 saturated carbocycles. The third-order valence-electron chi connectivity index (χ3n) is 5.16. The number of rotatable bonds is 4. The zero-order chi connectivity index (χ0) is 15.3. The number of nitrogens with two attached hydrogens (primary N) is 1. The van der Waals surface area contributed by atoms with Crippen molar-refractivity contribution < 1.29 is 4.39 Å². The zero-order valence-electron chi connectivity index (χ0n) is 12.2. The van der Waals surface area contributed by atoms with Crippen LogP contribution in [0.4, 0.5) is 10.1 Å². The van der Waals surface area contributed by atoms with Gasteiger partial charge in [-0.25, -0.2) is 4.39 Å². The second kappa shape index (κ2) is 4.95. The highest BCUT2D eigenvalue weighted by Gasteiger charge is 2.64. The summed E-state index contributed by atoms with van der Waals surface area (Å²) in [7, 11) is 0. The number of thiocarbonyl (C=S) groups is 1. The predicted molar refractivity (Wildman–Crippen MR) is 89.5 cm³/mol. The molecular formula is C15H20BrFN2S. The quantitative estimate of drug-likeness (QED) is 0.787. The SMILES string of the molecule is CC1(C)C(CNc2ccc(C(N)=S)c(Br)c2F)C1(C)C. The number of benzene rings is 1. The van der Waals surface area contributed by atoms with E-state index >= 15 is 0 Å². The van der Waals surface area contributed by atoms with Crippen LogP contribution in [0, 0.1) is 22.6 Å². The van der Waals surface area contributed by atoms with Gasteiger partial charge in [-0.1, -0.05) is 39.9 Å². The Balaban J connectivity index is 2.13. The highest BCUT2D eigenvalue weighted by Crippen LogP contribution is 2.68. The summed E-state index contributed by atoms with van der Waals surface area (Å²) in [5, 5.41) is 3.20. The summed E-state index contributed by atoms with van der Waals surface area (Å²) < 4.78 is 14.6. The largest absolute Gasteiger partial charge is 0.389 e. The van der Waals surface area contributed by atoms with Gasteiger partial charge in [0.15, 0.2) is 5.82 Å². The standard InChI is InChI=1S/C15H20BrFN2S/c1-14(2)10(15(14,3)4)7-19-9-6-5-8(13(18)20)11(16)12(9)17/h5-6,10,19H,7H2,1-4H3,(H2,18,20). The summed E-state index contributed by atoms with van der Waals surface area (Å²) in [5.41, 5.74) is 7.12. The third kappa shape index (κ3) is 2.35. The van der Waals surface area contributed by atoms with Gasteiger partial charge in [-0.15, -0.1) is 0 Å². The molecule has 0 radical (unpaired) electrons. The molecule has 0 spiro atoms. The molecule has 5 heteroatoms. The van der Waals surface area contributed by atoms with Crippen LogP contribution in [0.2, 0.25) is 0 Å². The Morgan fingerprint density at radius 2 is 1.90 bits per heavy atom. The zero-order valence-corrected chi connectivity index (χ0v) is 14.6. The maximum absolute atomic E-state index is 14.3. The molecule has 20 heavy (non-hydrogen) atoms. The Morgan fingerprint density at radius 3 is 2.35 bits per heavy atom. The minimum absolute atomic E-state index is 0.187. The van der Waals surface area contributed by atoms with Gasteiger partial charge in [0.1, 0.15) is 4.99 Å². The average molecular weight is 359 g/mol. The van der Waals surface area contributed by atoms with Gasteiger partial charge in [0.2, 0.25) is 0 Å². The lowest BCUT2D eigenvalue weighted by molar-refractivity contribution is 0.457. The molecule has 0 saturated heterocycles. The molecule has 0 heterocycles. The van der Waals surface area contributed by atoms with Gasteiger partial charge in [-0.05, 0) is 44.8 Å². The first-order chi connectivity index (χ1) is 9.10. The Bertz CT molecular complexity index is 555. The van der Waals surface area contributed by atoms with E-state index in [1.54, 1.807) is 12.1 Å². The molecule has 1 aromatic carbocycles. The van der Waals surface area contributed by atoms with Crippen LogP contribution in [-0.4, -0.2) is 11.5 Å². The van der Waals surface area contributed by atoms with Gasteiger partial charge in [0.05, 0.1) is 10.2 Å². The lowest BCUT2D eigenvalue weighted by Crippen LogP contribution is -2.13. The molecule has 0 amide bonds. The van der Waals surface area contributed by atoms with Crippen LogP contribution >= 0.6 is 28.1 Å². The molecule has 0 bridgehead atoms. The first-order valence-corrected chi connectivity index (χ1v) is 7.82. The van der Waals surface area contributed by atoms with Crippen molar-refractivity contribution in [3.05, 3.63) is 28.0 Å². The lowest BCUT2D eigenvalue weighted by Gasteiger charge is -2.12. The maximum Gasteiger partial charge on any atom is 0.161 e. The maximum atomic E-state index is 14.3. The van der Waals surface area contributed by atoms with E-state index in [-0.39, 0.29) is 21.6 Å². The Labute approximate surface area is 133 Å². The van der Waals surface area contributed by atoms with E-state index < -0.39 is 0 Å².